The third-order valence-corrected chi connectivity index (χ3v) is 3.38. The van der Waals surface area contributed by atoms with Crippen molar-refractivity contribution in [3.05, 3.63) is 65.0 Å². The number of nitrogens with one attached hydrogen (secondary N) is 2. The molecule has 0 radical (unpaired) electrons. The zero-order valence-corrected chi connectivity index (χ0v) is 13.1. The second-order valence-electron chi connectivity index (χ2n) is 5.07. The average Bonchev–Trinajstić information content (AvgIpc) is 3.02. The van der Waals surface area contributed by atoms with Crippen molar-refractivity contribution in [1.82, 2.24) is 15.0 Å². The monoisotopic (exact) mass is 341 g/mol. The van der Waals surface area contributed by atoms with Crippen molar-refractivity contribution in [1.29, 1.82) is 0 Å². The zero-order chi connectivity index (χ0) is 17.6. The number of urea groups is 1. The van der Waals surface area contributed by atoms with Gasteiger partial charge in [0, 0.05) is 12.1 Å². The van der Waals surface area contributed by atoms with E-state index in [9.17, 15) is 14.9 Å². The van der Waals surface area contributed by atoms with E-state index < -0.39 is 11.0 Å². The van der Waals surface area contributed by atoms with Gasteiger partial charge >= 0.3 is 6.03 Å². The van der Waals surface area contributed by atoms with Crippen LogP contribution in [0.5, 0.6) is 5.75 Å². The van der Waals surface area contributed by atoms with Crippen LogP contribution in [0.4, 0.5) is 10.5 Å². The Morgan fingerprint density at radius 2 is 1.96 bits per heavy atom. The van der Waals surface area contributed by atoms with E-state index in [0.717, 1.165) is 11.0 Å². The van der Waals surface area contributed by atoms with E-state index >= 15 is 0 Å². The van der Waals surface area contributed by atoms with Crippen molar-refractivity contribution in [2.75, 3.05) is 18.6 Å². The number of hydrogen-bond donors (Lipinski definition) is 2. The average molecular weight is 341 g/mol. The molecular weight excluding hydrogens is 326 g/mol. The van der Waals surface area contributed by atoms with Crippen LogP contribution in [-0.2, 0) is 0 Å². The first-order valence-corrected chi connectivity index (χ1v) is 7.48. The number of fused-ring (bicyclic) bond motifs is 1. The minimum Gasteiger partial charge on any atom is -0.492 e. The molecule has 2 aromatic carbocycles. The Balaban J connectivity index is 1.44. The van der Waals surface area contributed by atoms with Crippen molar-refractivity contribution < 1.29 is 14.5 Å². The summed E-state index contributed by atoms with van der Waals surface area (Å²) < 4.78 is 6.94. The van der Waals surface area contributed by atoms with Gasteiger partial charge in [-0.25, -0.2) is 19.9 Å². The molecule has 9 nitrogen and oxygen atoms in total. The second kappa shape index (κ2) is 7.30. The number of para-hydroxylation sites is 2. The number of carbonyl (C=O) groups excluding carboxylic acids is 1. The molecule has 0 unspecified atom stereocenters. The van der Waals surface area contributed by atoms with E-state index in [1.165, 1.54) is 35.3 Å². The number of aromatic nitrogens is 2. The van der Waals surface area contributed by atoms with Crippen LogP contribution in [0.15, 0.2) is 54.9 Å². The Kier molecular flexibility index (Phi) is 4.74. The van der Waals surface area contributed by atoms with Gasteiger partial charge in [0.1, 0.15) is 18.7 Å². The van der Waals surface area contributed by atoms with Crippen LogP contribution in [0, 0.1) is 10.1 Å². The summed E-state index contributed by atoms with van der Waals surface area (Å²) in [6, 6.07) is 12.8. The third kappa shape index (κ3) is 4.02. The minimum absolute atomic E-state index is 0.00240. The molecule has 128 valence electrons. The van der Waals surface area contributed by atoms with Gasteiger partial charge in [0.25, 0.3) is 5.69 Å². The van der Waals surface area contributed by atoms with Gasteiger partial charge in [-0.2, -0.15) is 0 Å². The molecular formula is C16H15N5O4. The fourth-order valence-electron chi connectivity index (χ4n) is 2.19. The van der Waals surface area contributed by atoms with Gasteiger partial charge in [-0.05, 0) is 24.3 Å². The summed E-state index contributed by atoms with van der Waals surface area (Å²) in [5.41, 5.74) is 4.23. The highest BCUT2D eigenvalue weighted by molar-refractivity contribution is 5.84. The highest BCUT2D eigenvalue weighted by Crippen LogP contribution is 2.17. The van der Waals surface area contributed by atoms with E-state index in [1.807, 2.05) is 24.3 Å². The van der Waals surface area contributed by atoms with Gasteiger partial charge in [0.15, 0.2) is 0 Å². The third-order valence-electron chi connectivity index (χ3n) is 3.38. The molecule has 0 aliphatic heterocycles. The highest BCUT2D eigenvalue weighted by Gasteiger charge is 2.06. The van der Waals surface area contributed by atoms with Crippen molar-refractivity contribution in [3.8, 4) is 5.75 Å². The summed E-state index contributed by atoms with van der Waals surface area (Å²) in [7, 11) is 0. The van der Waals surface area contributed by atoms with E-state index in [4.69, 9.17) is 4.74 Å². The highest BCUT2D eigenvalue weighted by atomic mass is 16.6. The van der Waals surface area contributed by atoms with Crippen LogP contribution in [0.2, 0.25) is 0 Å². The molecule has 2 N–H and O–H groups in total. The number of hydrogen-bond acceptors (Lipinski definition) is 5. The summed E-state index contributed by atoms with van der Waals surface area (Å²) in [5.74, 6) is 0.494. The first-order valence-electron chi connectivity index (χ1n) is 7.48. The van der Waals surface area contributed by atoms with Gasteiger partial charge in [0.05, 0.1) is 22.5 Å². The van der Waals surface area contributed by atoms with Crippen LogP contribution in [0.3, 0.4) is 0 Å². The predicted molar refractivity (Wildman–Crippen MR) is 91.1 cm³/mol. The Morgan fingerprint density at radius 3 is 2.72 bits per heavy atom. The Bertz CT molecular complexity index is 891. The Hall–Kier alpha value is -3.62. The van der Waals surface area contributed by atoms with Gasteiger partial charge in [-0.3, -0.25) is 10.1 Å². The number of nitro groups is 1. The van der Waals surface area contributed by atoms with E-state index in [1.54, 1.807) is 0 Å². The molecule has 0 saturated carbocycles. The number of nitrogens with zero attached hydrogens (tertiary/aromatic N) is 3. The van der Waals surface area contributed by atoms with Crippen molar-refractivity contribution >= 4 is 22.8 Å². The number of carbonyl (C=O) groups is 1. The van der Waals surface area contributed by atoms with E-state index in [0.29, 0.717) is 5.75 Å². The molecule has 1 aromatic heterocycles. The smallest absolute Gasteiger partial charge is 0.334 e. The second-order valence-corrected chi connectivity index (χ2v) is 5.07. The molecule has 0 spiro atoms. The molecule has 25 heavy (non-hydrogen) atoms. The molecule has 0 bridgehead atoms. The number of imidazole rings is 1. The molecule has 2 amide bonds. The number of nitro benzene ring substituents is 1. The van der Waals surface area contributed by atoms with Crippen LogP contribution in [-0.4, -0.2) is 33.8 Å². The lowest BCUT2D eigenvalue weighted by molar-refractivity contribution is -0.384. The minimum atomic E-state index is -0.477. The Labute approximate surface area is 142 Å². The molecule has 0 aliphatic rings. The fourth-order valence-corrected chi connectivity index (χ4v) is 2.19. The lowest BCUT2D eigenvalue weighted by atomic mass is 10.3. The number of amides is 2. The van der Waals surface area contributed by atoms with Crippen LogP contribution in [0.25, 0.3) is 11.0 Å². The topological polar surface area (TPSA) is 111 Å². The van der Waals surface area contributed by atoms with Gasteiger partial charge in [0.2, 0.25) is 0 Å². The van der Waals surface area contributed by atoms with Gasteiger partial charge in [-0.1, -0.05) is 12.1 Å². The van der Waals surface area contributed by atoms with Crippen LogP contribution in [0.1, 0.15) is 0 Å². The van der Waals surface area contributed by atoms with Crippen LogP contribution < -0.4 is 15.5 Å². The molecule has 3 rings (SSSR count). The fraction of sp³-hybridized carbons (Fsp3) is 0.125. The standard InChI is InChI=1S/C16H15N5O4/c22-16(19-20-11-18-14-3-1-2-4-15(14)20)17-9-10-25-13-7-5-12(6-8-13)21(23)24/h1-8,11H,9-10H2,(H2,17,19,22). The summed E-state index contributed by atoms with van der Waals surface area (Å²) in [6.45, 7) is 0.505. The summed E-state index contributed by atoms with van der Waals surface area (Å²) in [6.07, 6.45) is 1.53. The number of rotatable bonds is 6. The maximum atomic E-state index is 11.9. The summed E-state index contributed by atoms with van der Waals surface area (Å²) >= 11 is 0. The maximum Gasteiger partial charge on any atom is 0.334 e. The van der Waals surface area contributed by atoms with Crippen molar-refractivity contribution in [2.45, 2.75) is 0 Å². The molecule has 0 fully saturated rings. The van der Waals surface area contributed by atoms with Gasteiger partial charge < -0.3 is 10.1 Å². The molecule has 1 heterocycles. The Morgan fingerprint density at radius 1 is 1.20 bits per heavy atom. The normalized spacial score (nSPS) is 10.4. The lowest BCUT2D eigenvalue weighted by Gasteiger charge is -2.10. The summed E-state index contributed by atoms with van der Waals surface area (Å²) in [4.78, 5) is 26.1. The molecule has 3 aromatic rings. The SMILES string of the molecule is O=C(NCCOc1ccc([N+](=O)[O-])cc1)Nn1cnc2ccccc21. The molecule has 9 heteroatoms. The predicted octanol–water partition coefficient (Wildman–Crippen LogP) is 2.28. The number of non-ortho nitro benzene ring substituents is 1. The maximum absolute atomic E-state index is 11.9. The number of ether oxygens (including phenoxy) is 1. The number of benzene rings is 2. The van der Waals surface area contributed by atoms with Crippen molar-refractivity contribution in [2.24, 2.45) is 0 Å². The quantitative estimate of drug-likeness (QED) is 0.406. The van der Waals surface area contributed by atoms with E-state index in [-0.39, 0.29) is 18.8 Å². The zero-order valence-electron chi connectivity index (χ0n) is 13.1. The first-order chi connectivity index (χ1) is 12.1. The molecule has 0 aliphatic carbocycles. The largest absolute Gasteiger partial charge is 0.492 e. The van der Waals surface area contributed by atoms with Crippen molar-refractivity contribution in [3.63, 3.8) is 0 Å². The lowest BCUT2D eigenvalue weighted by Crippen LogP contribution is -2.36. The van der Waals surface area contributed by atoms with Gasteiger partial charge in [-0.15, -0.1) is 0 Å². The van der Waals surface area contributed by atoms with Crippen LogP contribution >= 0.6 is 0 Å². The molecule has 0 atom stereocenters. The summed E-state index contributed by atoms with van der Waals surface area (Å²) in [5, 5.41) is 13.2. The first kappa shape index (κ1) is 16.2. The van der Waals surface area contributed by atoms with E-state index in [2.05, 4.69) is 15.7 Å². The molecule has 0 saturated heterocycles.